The Labute approximate surface area is 128 Å². The van der Waals surface area contributed by atoms with Gasteiger partial charge in [0.2, 0.25) is 0 Å². The summed E-state index contributed by atoms with van der Waals surface area (Å²) in [5.41, 5.74) is 0.991. The number of halogens is 2. The number of nitrogens with one attached hydrogen (secondary N) is 1. The van der Waals surface area contributed by atoms with E-state index < -0.39 is 0 Å². The van der Waals surface area contributed by atoms with Crippen molar-refractivity contribution in [3.05, 3.63) is 33.8 Å². The third-order valence-corrected chi connectivity index (χ3v) is 4.39. The van der Waals surface area contributed by atoms with Crippen LogP contribution in [0.1, 0.15) is 11.5 Å². The molecule has 0 spiro atoms. The summed E-state index contributed by atoms with van der Waals surface area (Å²) in [4.78, 5) is 0. The van der Waals surface area contributed by atoms with Gasteiger partial charge in [0.05, 0.1) is 36.0 Å². The zero-order valence-corrected chi connectivity index (χ0v) is 12.6. The molecule has 4 nitrogen and oxygen atoms in total. The third-order valence-electron chi connectivity index (χ3n) is 3.66. The fourth-order valence-corrected chi connectivity index (χ4v) is 2.84. The molecular weight excluding hydrogens is 301 g/mol. The van der Waals surface area contributed by atoms with Gasteiger partial charge in [-0.25, -0.2) is 0 Å². The molecule has 0 amide bonds. The highest BCUT2D eigenvalue weighted by Crippen LogP contribution is 2.32. The van der Waals surface area contributed by atoms with Crippen LogP contribution in [0.2, 0.25) is 10.0 Å². The molecule has 0 bridgehead atoms. The molecule has 1 aromatic carbocycles. The van der Waals surface area contributed by atoms with Crippen LogP contribution >= 0.6 is 23.2 Å². The number of hydrogen-bond donors (Lipinski definition) is 3. The van der Waals surface area contributed by atoms with Crippen molar-refractivity contribution in [2.75, 3.05) is 32.9 Å². The van der Waals surface area contributed by atoms with E-state index in [-0.39, 0.29) is 31.2 Å². The first-order valence-electron chi connectivity index (χ1n) is 6.66. The Morgan fingerprint density at radius 3 is 2.65 bits per heavy atom. The Balaban J connectivity index is 2.29. The van der Waals surface area contributed by atoms with Crippen LogP contribution in [0.25, 0.3) is 0 Å². The van der Waals surface area contributed by atoms with E-state index in [2.05, 4.69) is 5.32 Å². The van der Waals surface area contributed by atoms with Crippen molar-refractivity contribution in [1.82, 2.24) is 5.32 Å². The number of rotatable bonds is 4. The van der Waals surface area contributed by atoms with E-state index in [1.807, 2.05) is 12.1 Å². The summed E-state index contributed by atoms with van der Waals surface area (Å²) in [5.74, 6) is -0.300. The minimum absolute atomic E-state index is 0.0107. The molecule has 1 aliphatic rings. The lowest BCUT2D eigenvalue weighted by atomic mass is 9.86. The van der Waals surface area contributed by atoms with E-state index in [0.717, 1.165) is 12.1 Å². The highest BCUT2D eigenvalue weighted by Gasteiger charge is 2.32. The van der Waals surface area contributed by atoms with E-state index in [4.69, 9.17) is 27.9 Å². The topological polar surface area (TPSA) is 61.7 Å². The number of aliphatic hydroxyl groups is 2. The minimum atomic E-state index is -0.311. The normalized spacial score (nSPS) is 23.9. The van der Waals surface area contributed by atoms with Gasteiger partial charge < -0.3 is 20.3 Å². The van der Waals surface area contributed by atoms with Crippen molar-refractivity contribution in [1.29, 1.82) is 0 Å². The molecule has 20 heavy (non-hydrogen) atoms. The number of ether oxygens (including phenoxy) is 1. The van der Waals surface area contributed by atoms with Crippen LogP contribution in [0, 0.1) is 5.92 Å². The smallest absolute Gasteiger partial charge is 0.0728 e. The highest BCUT2D eigenvalue weighted by atomic mass is 35.5. The van der Waals surface area contributed by atoms with E-state index in [1.165, 1.54) is 0 Å². The molecule has 2 atom stereocenters. The molecule has 1 saturated heterocycles. The van der Waals surface area contributed by atoms with Crippen LogP contribution in [0.15, 0.2) is 18.2 Å². The van der Waals surface area contributed by atoms with Gasteiger partial charge in [0.25, 0.3) is 0 Å². The van der Waals surface area contributed by atoms with Crippen molar-refractivity contribution in [3.8, 4) is 0 Å². The molecule has 0 aromatic heterocycles. The van der Waals surface area contributed by atoms with Crippen molar-refractivity contribution < 1.29 is 14.9 Å². The average Bonchev–Trinajstić information content (AvgIpc) is 2.69. The van der Waals surface area contributed by atoms with Gasteiger partial charge in [0.15, 0.2) is 0 Å². The van der Waals surface area contributed by atoms with Crippen LogP contribution in [0.5, 0.6) is 0 Å². The maximum atomic E-state index is 9.43. The molecule has 0 saturated carbocycles. The zero-order valence-electron chi connectivity index (χ0n) is 11.1. The quantitative estimate of drug-likeness (QED) is 0.790. The van der Waals surface area contributed by atoms with Crippen molar-refractivity contribution in [2.24, 2.45) is 5.92 Å². The SMILES string of the molecule is OCC(CO)[C@H]1OCCNC[C@@H]1c1ccc(Cl)c(Cl)c1. The molecule has 3 N–H and O–H groups in total. The lowest BCUT2D eigenvalue weighted by molar-refractivity contribution is -0.0287. The molecule has 6 heteroatoms. The standard InChI is InChI=1S/C14H19Cl2NO3/c15-12-2-1-9(5-13(12)16)11-6-17-3-4-20-14(11)10(7-18)8-19/h1-2,5,10-11,14,17-19H,3-4,6-8H2/t11-,14-/m1/s1. The maximum Gasteiger partial charge on any atom is 0.0728 e. The number of aliphatic hydroxyl groups excluding tert-OH is 2. The van der Waals surface area contributed by atoms with Crippen LogP contribution in [-0.4, -0.2) is 49.2 Å². The molecule has 0 radical (unpaired) electrons. The summed E-state index contributed by atoms with van der Waals surface area (Å²) >= 11 is 12.0. The molecule has 1 aliphatic heterocycles. The van der Waals surface area contributed by atoms with E-state index >= 15 is 0 Å². The Morgan fingerprint density at radius 1 is 1.25 bits per heavy atom. The van der Waals surface area contributed by atoms with Crippen LogP contribution in [0.3, 0.4) is 0 Å². The van der Waals surface area contributed by atoms with Gasteiger partial charge in [-0.15, -0.1) is 0 Å². The molecule has 1 aromatic rings. The van der Waals surface area contributed by atoms with Gasteiger partial charge in [-0.2, -0.15) is 0 Å². The Bertz CT molecular complexity index is 440. The Kier molecular flexibility index (Phi) is 6.08. The monoisotopic (exact) mass is 319 g/mol. The van der Waals surface area contributed by atoms with Gasteiger partial charge in [-0.05, 0) is 17.7 Å². The van der Waals surface area contributed by atoms with Gasteiger partial charge in [0.1, 0.15) is 0 Å². The third kappa shape index (κ3) is 3.64. The van der Waals surface area contributed by atoms with Gasteiger partial charge >= 0.3 is 0 Å². The van der Waals surface area contributed by atoms with Gasteiger partial charge in [-0.3, -0.25) is 0 Å². The summed E-state index contributed by atoms with van der Waals surface area (Å²) in [6, 6.07) is 5.49. The maximum absolute atomic E-state index is 9.43. The predicted octanol–water partition coefficient (Wildman–Crippen LogP) is 1.67. The van der Waals surface area contributed by atoms with Crippen molar-refractivity contribution in [2.45, 2.75) is 12.0 Å². The van der Waals surface area contributed by atoms with E-state index in [9.17, 15) is 10.2 Å². The summed E-state index contributed by atoms with van der Waals surface area (Å²) in [7, 11) is 0. The lowest BCUT2D eigenvalue weighted by Crippen LogP contribution is -2.36. The second-order valence-electron chi connectivity index (χ2n) is 4.94. The molecular formula is C14H19Cl2NO3. The number of hydrogen-bond acceptors (Lipinski definition) is 4. The Hall–Kier alpha value is -0.360. The van der Waals surface area contributed by atoms with Crippen molar-refractivity contribution >= 4 is 23.2 Å². The second kappa shape index (κ2) is 7.59. The summed E-state index contributed by atoms with van der Waals surface area (Å²) < 4.78 is 5.83. The predicted molar refractivity (Wildman–Crippen MR) is 79.5 cm³/mol. The first kappa shape index (κ1) is 16.0. The summed E-state index contributed by atoms with van der Waals surface area (Å²) in [5, 5.41) is 23.2. The minimum Gasteiger partial charge on any atom is -0.396 e. The molecule has 0 aliphatic carbocycles. The van der Waals surface area contributed by atoms with Crippen LogP contribution in [-0.2, 0) is 4.74 Å². The lowest BCUT2D eigenvalue weighted by Gasteiger charge is -2.30. The highest BCUT2D eigenvalue weighted by molar-refractivity contribution is 6.42. The molecule has 2 rings (SSSR count). The van der Waals surface area contributed by atoms with Crippen molar-refractivity contribution in [3.63, 3.8) is 0 Å². The summed E-state index contributed by atoms with van der Waals surface area (Å²) in [6.45, 7) is 1.79. The molecule has 112 valence electrons. The van der Waals surface area contributed by atoms with Gasteiger partial charge in [0, 0.05) is 24.9 Å². The number of benzene rings is 1. The van der Waals surface area contributed by atoms with Crippen LogP contribution < -0.4 is 5.32 Å². The first-order chi connectivity index (χ1) is 9.67. The van der Waals surface area contributed by atoms with Gasteiger partial charge in [-0.1, -0.05) is 29.3 Å². The first-order valence-corrected chi connectivity index (χ1v) is 7.42. The average molecular weight is 320 g/mol. The molecule has 0 unspecified atom stereocenters. The van der Waals surface area contributed by atoms with E-state index in [0.29, 0.717) is 23.2 Å². The second-order valence-corrected chi connectivity index (χ2v) is 5.76. The fraction of sp³-hybridized carbons (Fsp3) is 0.571. The summed E-state index contributed by atoms with van der Waals surface area (Å²) in [6.07, 6.45) is -0.253. The zero-order chi connectivity index (χ0) is 14.5. The largest absolute Gasteiger partial charge is 0.396 e. The van der Waals surface area contributed by atoms with Crippen LogP contribution in [0.4, 0.5) is 0 Å². The molecule has 1 fully saturated rings. The van der Waals surface area contributed by atoms with E-state index in [1.54, 1.807) is 6.07 Å². The fourth-order valence-electron chi connectivity index (χ4n) is 2.54. The Morgan fingerprint density at radius 2 is 2.00 bits per heavy atom. The molecule has 1 heterocycles.